The Morgan fingerprint density at radius 2 is 1.33 bits per heavy atom. The molecule has 0 unspecified atom stereocenters. The molecular weight excluding hydrogens is 333 g/mol. The number of benzene rings is 2. The number of anilines is 4. The fraction of sp³-hybridized carbons (Fsp3) is 0.0625. The van der Waals surface area contributed by atoms with Gasteiger partial charge in [0.2, 0.25) is 17.2 Å². The van der Waals surface area contributed by atoms with E-state index in [0.717, 1.165) is 11.4 Å². The lowest BCUT2D eigenvalue weighted by molar-refractivity contribution is 0.415. The van der Waals surface area contributed by atoms with Crippen molar-refractivity contribution in [1.29, 1.82) is 0 Å². The number of nitrogens with zero attached hydrogens (tertiary/aromatic N) is 3. The van der Waals surface area contributed by atoms with Crippen molar-refractivity contribution in [2.24, 2.45) is 0 Å². The number of ether oxygens (including phenoxy) is 1. The summed E-state index contributed by atoms with van der Waals surface area (Å²) in [5.74, 6) is 0.950. The van der Waals surface area contributed by atoms with Crippen LogP contribution in [0.1, 0.15) is 0 Å². The van der Waals surface area contributed by atoms with Gasteiger partial charge in [0, 0.05) is 11.4 Å². The van der Waals surface area contributed by atoms with Crippen molar-refractivity contribution in [3.8, 4) is 5.75 Å². The second-order valence-corrected chi connectivity index (χ2v) is 5.08. The second-order valence-electron chi connectivity index (χ2n) is 4.74. The summed E-state index contributed by atoms with van der Waals surface area (Å²) in [5.41, 5.74) is 1.40. The largest absolute Gasteiger partial charge is 0.497 e. The van der Waals surface area contributed by atoms with Crippen LogP contribution in [0.25, 0.3) is 0 Å². The minimum absolute atomic E-state index is 0.0330. The molecule has 8 heteroatoms. The smallest absolute Gasteiger partial charge is 0.233 e. The molecule has 1 aromatic heterocycles. The molecule has 0 aliphatic carbocycles. The van der Waals surface area contributed by atoms with Crippen LogP contribution in [0, 0.1) is 5.82 Å². The molecule has 24 heavy (non-hydrogen) atoms. The maximum Gasteiger partial charge on any atom is 0.233 e. The number of hydrogen-bond acceptors (Lipinski definition) is 6. The van der Waals surface area contributed by atoms with E-state index in [1.54, 1.807) is 19.2 Å². The quantitative estimate of drug-likeness (QED) is 0.723. The topological polar surface area (TPSA) is 72.0 Å². The van der Waals surface area contributed by atoms with Gasteiger partial charge in [0.1, 0.15) is 11.6 Å². The van der Waals surface area contributed by atoms with E-state index in [0.29, 0.717) is 5.69 Å². The lowest BCUT2D eigenvalue weighted by atomic mass is 10.3. The summed E-state index contributed by atoms with van der Waals surface area (Å²) in [4.78, 5) is 12.3. The predicted molar refractivity (Wildman–Crippen MR) is 90.8 cm³/mol. The first kappa shape index (κ1) is 15.9. The lowest BCUT2D eigenvalue weighted by Crippen LogP contribution is -2.04. The van der Waals surface area contributed by atoms with E-state index in [2.05, 4.69) is 25.6 Å². The maximum absolute atomic E-state index is 12.9. The van der Waals surface area contributed by atoms with Gasteiger partial charge in [0.05, 0.1) is 7.11 Å². The van der Waals surface area contributed by atoms with Crippen LogP contribution in [0.3, 0.4) is 0 Å². The summed E-state index contributed by atoms with van der Waals surface area (Å²) in [6.07, 6.45) is 0. The molecule has 1 heterocycles. The standard InChI is InChI=1S/C16H13ClFN5O/c1-24-13-8-6-12(7-9-13)20-16-22-14(17)21-15(23-16)19-11-4-2-10(18)3-5-11/h2-9H,1H3,(H2,19,20,21,22,23). The van der Waals surface area contributed by atoms with E-state index in [1.165, 1.54) is 12.1 Å². The Morgan fingerprint density at radius 3 is 1.83 bits per heavy atom. The van der Waals surface area contributed by atoms with Crippen molar-refractivity contribution >= 4 is 34.9 Å². The Morgan fingerprint density at radius 1 is 0.833 bits per heavy atom. The van der Waals surface area contributed by atoms with Gasteiger partial charge in [-0.15, -0.1) is 0 Å². The molecule has 122 valence electrons. The van der Waals surface area contributed by atoms with E-state index in [1.807, 2.05) is 24.3 Å². The van der Waals surface area contributed by atoms with Crippen molar-refractivity contribution in [3.63, 3.8) is 0 Å². The number of nitrogens with one attached hydrogen (secondary N) is 2. The Bertz CT molecular complexity index is 827. The van der Waals surface area contributed by atoms with Crippen molar-refractivity contribution < 1.29 is 9.13 Å². The average molecular weight is 346 g/mol. The molecule has 0 radical (unpaired) electrons. The normalized spacial score (nSPS) is 10.3. The van der Waals surface area contributed by atoms with Crippen LogP contribution in [-0.4, -0.2) is 22.1 Å². The second kappa shape index (κ2) is 7.10. The van der Waals surface area contributed by atoms with Gasteiger partial charge in [-0.3, -0.25) is 0 Å². The number of aromatic nitrogens is 3. The minimum atomic E-state index is -0.323. The first-order chi connectivity index (χ1) is 11.6. The third kappa shape index (κ3) is 4.08. The highest BCUT2D eigenvalue weighted by molar-refractivity contribution is 6.28. The summed E-state index contributed by atoms with van der Waals surface area (Å²) >= 11 is 5.93. The van der Waals surface area contributed by atoms with Crippen molar-refractivity contribution in [2.75, 3.05) is 17.7 Å². The molecule has 0 amide bonds. The van der Waals surface area contributed by atoms with Gasteiger partial charge < -0.3 is 15.4 Å². The van der Waals surface area contributed by atoms with E-state index in [9.17, 15) is 4.39 Å². The molecule has 0 aliphatic rings. The third-order valence-corrected chi connectivity index (χ3v) is 3.22. The van der Waals surface area contributed by atoms with Crippen LogP contribution in [0.5, 0.6) is 5.75 Å². The Labute approximate surface area is 142 Å². The van der Waals surface area contributed by atoms with Crippen LogP contribution in [0.2, 0.25) is 5.28 Å². The fourth-order valence-corrected chi connectivity index (χ4v) is 2.09. The van der Waals surface area contributed by atoms with Gasteiger partial charge in [0.15, 0.2) is 0 Å². The monoisotopic (exact) mass is 345 g/mol. The van der Waals surface area contributed by atoms with Crippen LogP contribution in [0.4, 0.5) is 27.7 Å². The number of halogens is 2. The summed E-state index contributed by atoms with van der Waals surface area (Å²) in [5, 5.41) is 6.01. The van der Waals surface area contributed by atoms with Gasteiger partial charge in [0.25, 0.3) is 0 Å². The predicted octanol–water partition coefficient (Wildman–Crippen LogP) is 4.16. The molecular formula is C16H13ClFN5O. The molecule has 0 fully saturated rings. The zero-order chi connectivity index (χ0) is 16.9. The van der Waals surface area contributed by atoms with E-state index in [4.69, 9.17) is 16.3 Å². The molecule has 0 saturated carbocycles. The van der Waals surface area contributed by atoms with Gasteiger partial charge in [-0.25, -0.2) is 4.39 Å². The Kier molecular flexibility index (Phi) is 4.72. The first-order valence-electron chi connectivity index (χ1n) is 6.97. The zero-order valence-corrected chi connectivity index (χ0v) is 13.4. The van der Waals surface area contributed by atoms with Crippen LogP contribution in [-0.2, 0) is 0 Å². The van der Waals surface area contributed by atoms with Gasteiger partial charge in [-0.05, 0) is 60.1 Å². The molecule has 0 bridgehead atoms. The highest BCUT2D eigenvalue weighted by atomic mass is 35.5. The highest BCUT2D eigenvalue weighted by Gasteiger charge is 2.06. The van der Waals surface area contributed by atoms with Crippen molar-refractivity contribution in [3.05, 3.63) is 59.6 Å². The van der Waals surface area contributed by atoms with Gasteiger partial charge in [-0.2, -0.15) is 15.0 Å². The summed E-state index contributed by atoms with van der Waals surface area (Å²) in [6, 6.07) is 13.1. The molecule has 0 aliphatic heterocycles. The first-order valence-corrected chi connectivity index (χ1v) is 7.35. The Hall–Kier alpha value is -2.93. The molecule has 0 atom stereocenters. The lowest BCUT2D eigenvalue weighted by Gasteiger charge is -2.09. The highest BCUT2D eigenvalue weighted by Crippen LogP contribution is 2.20. The number of methoxy groups -OCH3 is 1. The summed E-state index contributed by atoms with van der Waals surface area (Å²) in [6.45, 7) is 0. The van der Waals surface area contributed by atoms with Gasteiger partial charge >= 0.3 is 0 Å². The van der Waals surface area contributed by atoms with Crippen LogP contribution < -0.4 is 15.4 Å². The van der Waals surface area contributed by atoms with Crippen LogP contribution in [0.15, 0.2) is 48.5 Å². The molecule has 2 aromatic carbocycles. The minimum Gasteiger partial charge on any atom is -0.497 e. The Balaban J connectivity index is 1.78. The molecule has 2 N–H and O–H groups in total. The van der Waals surface area contributed by atoms with Crippen molar-refractivity contribution in [2.45, 2.75) is 0 Å². The molecule has 0 saturated heterocycles. The molecule has 6 nitrogen and oxygen atoms in total. The molecule has 0 spiro atoms. The average Bonchev–Trinajstić information content (AvgIpc) is 2.57. The maximum atomic E-state index is 12.9. The molecule has 3 aromatic rings. The fourth-order valence-electron chi connectivity index (χ4n) is 1.93. The molecule has 3 rings (SSSR count). The number of hydrogen-bond donors (Lipinski definition) is 2. The SMILES string of the molecule is COc1ccc(Nc2nc(Cl)nc(Nc3ccc(F)cc3)n2)cc1. The summed E-state index contributed by atoms with van der Waals surface area (Å²) < 4.78 is 18.0. The van der Waals surface area contributed by atoms with Crippen LogP contribution >= 0.6 is 11.6 Å². The van der Waals surface area contributed by atoms with E-state index >= 15 is 0 Å². The van der Waals surface area contributed by atoms with E-state index in [-0.39, 0.29) is 23.0 Å². The summed E-state index contributed by atoms with van der Waals surface area (Å²) in [7, 11) is 1.60. The van der Waals surface area contributed by atoms with Gasteiger partial charge in [-0.1, -0.05) is 0 Å². The van der Waals surface area contributed by atoms with Crippen molar-refractivity contribution in [1.82, 2.24) is 15.0 Å². The zero-order valence-electron chi connectivity index (χ0n) is 12.6. The number of rotatable bonds is 5. The van der Waals surface area contributed by atoms with E-state index < -0.39 is 0 Å². The third-order valence-electron chi connectivity index (χ3n) is 3.05.